The summed E-state index contributed by atoms with van der Waals surface area (Å²) in [6.07, 6.45) is 1.87. The van der Waals surface area contributed by atoms with Gasteiger partial charge in [-0.3, -0.25) is 4.90 Å². The molecule has 6 heteroatoms. The van der Waals surface area contributed by atoms with Crippen LogP contribution in [-0.2, 0) is 27.4 Å². The van der Waals surface area contributed by atoms with E-state index in [4.69, 9.17) is 19.9 Å². The van der Waals surface area contributed by atoms with E-state index in [9.17, 15) is 5.11 Å². The van der Waals surface area contributed by atoms with E-state index in [1.165, 1.54) is 12.8 Å². The Bertz CT molecular complexity index is 842. The molecule has 2 aliphatic heterocycles. The molecule has 2 aromatic rings. The van der Waals surface area contributed by atoms with Gasteiger partial charge in [-0.2, -0.15) is 0 Å². The van der Waals surface area contributed by atoms with Crippen LogP contribution >= 0.6 is 0 Å². The van der Waals surface area contributed by atoms with Crippen LogP contribution in [0.4, 0.5) is 0 Å². The number of ether oxygens (including phenoxy) is 3. The summed E-state index contributed by atoms with van der Waals surface area (Å²) in [5, 5.41) is 9.42. The van der Waals surface area contributed by atoms with E-state index in [2.05, 4.69) is 36.1 Å². The maximum atomic E-state index is 9.42. The Morgan fingerprint density at radius 1 is 1.03 bits per heavy atom. The second-order valence-electron chi connectivity index (χ2n) is 9.01. The van der Waals surface area contributed by atoms with Crippen molar-refractivity contribution in [2.45, 2.75) is 57.5 Å². The summed E-state index contributed by atoms with van der Waals surface area (Å²) in [6.45, 7) is 5.47. The Kier molecular flexibility index (Phi) is 7.94. The van der Waals surface area contributed by atoms with Gasteiger partial charge in [-0.25, -0.2) is 0 Å². The molecule has 2 aliphatic rings. The lowest BCUT2D eigenvalue weighted by molar-refractivity contribution is -0.276. The fourth-order valence-electron chi connectivity index (χ4n) is 4.89. The van der Waals surface area contributed by atoms with Crippen molar-refractivity contribution < 1.29 is 19.3 Å². The highest BCUT2D eigenvalue weighted by Gasteiger charge is 2.40. The molecule has 2 aromatic carbocycles. The number of nitrogens with two attached hydrogens (primary N) is 1. The molecule has 2 fully saturated rings. The van der Waals surface area contributed by atoms with Crippen molar-refractivity contribution in [1.29, 1.82) is 0 Å². The fraction of sp³-hybridized carbons (Fsp3) is 0.538. The Hall–Kier alpha value is -1.80. The first kappa shape index (κ1) is 23.4. The van der Waals surface area contributed by atoms with Crippen LogP contribution in [0.1, 0.15) is 54.4 Å². The molecule has 0 radical (unpaired) electrons. The van der Waals surface area contributed by atoms with Crippen LogP contribution < -0.4 is 5.73 Å². The molecule has 0 spiro atoms. The Morgan fingerprint density at radius 2 is 1.72 bits per heavy atom. The van der Waals surface area contributed by atoms with Crippen molar-refractivity contribution in [3.05, 3.63) is 70.8 Å². The molecule has 0 aliphatic carbocycles. The van der Waals surface area contributed by atoms with Gasteiger partial charge in [0, 0.05) is 37.7 Å². The summed E-state index contributed by atoms with van der Waals surface area (Å²) < 4.78 is 18.6. The SMILES string of the molecule is COC[C@@H]1CCCN1C[C@@H]1O[C@H](c2ccc(CN)cc2)O[C@H](c2ccc(CO)cc2)[C@@H]1C. The van der Waals surface area contributed by atoms with Gasteiger partial charge in [0.2, 0.25) is 0 Å². The Morgan fingerprint density at radius 3 is 2.38 bits per heavy atom. The third kappa shape index (κ3) is 5.22. The van der Waals surface area contributed by atoms with E-state index in [0.717, 1.165) is 42.0 Å². The topological polar surface area (TPSA) is 77.2 Å². The van der Waals surface area contributed by atoms with Crippen molar-refractivity contribution in [3.63, 3.8) is 0 Å². The van der Waals surface area contributed by atoms with Gasteiger partial charge in [0.1, 0.15) is 0 Å². The zero-order valence-corrected chi connectivity index (χ0v) is 19.2. The third-order valence-electron chi connectivity index (χ3n) is 6.88. The third-order valence-corrected chi connectivity index (χ3v) is 6.88. The minimum Gasteiger partial charge on any atom is -0.392 e. The number of nitrogens with zero attached hydrogens (tertiary/aromatic N) is 1. The first-order valence-electron chi connectivity index (χ1n) is 11.7. The molecule has 0 unspecified atom stereocenters. The second kappa shape index (κ2) is 10.9. The van der Waals surface area contributed by atoms with E-state index in [1.807, 2.05) is 24.3 Å². The lowest BCUT2D eigenvalue weighted by atomic mass is 9.90. The first-order chi connectivity index (χ1) is 15.6. The summed E-state index contributed by atoms with van der Waals surface area (Å²) in [7, 11) is 1.77. The van der Waals surface area contributed by atoms with Crippen LogP contribution in [0.3, 0.4) is 0 Å². The molecule has 4 rings (SSSR count). The molecule has 0 amide bonds. The average Bonchev–Trinajstić information content (AvgIpc) is 3.27. The van der Waals surface area contributed by atoms with Crippen molar-refractivity contribution in [2.75, 3.05) is 26.8 Å². The van der Waals surface area contributed by atoms with Crippen LogP contribution in [0.25, 0.3) is 0 Å². The minimum absolute atomic E-state index is 0.0305. The van der Waals surface area contributed by atoms with E-state index in [-0.39, 0.29) is 24.7 Å². The zero-order valence-electron chi connectivity index (χ0n) is 19.2. The largest absolute Gasteiger partial charge is 0.392 e. The summed E-state index contributed by atoms with van der Waals surface area (Å²) in [4.78, 5) is 2.51. The lowest BCUT2D eigenvalue weighted by Crippen LogP contribution is -2.46. The Balaban J connectivity index is 1.58. The number of hydrogen-bond acceptors (Lipinski definition) is 6. The predicted octanol–water partition coefficient (Wildman–Crippen LogP) is 3.54. The summed E-state index contributed by atoms with van der Waals surface area (Å²) in [6, 6.07) is 16.7. The highest BCUT2D eigenvalue weighted by molar-refractivity contribution is 5.27. The summed E-state index contributed by atoms with van der Waals surface area (Å²) >= 11 is 0. The molecule has 32 heavy (non-hydrogen) atoms. The molecule has 3 N–H and O–H groups in total. The molecule has 0 bridgehead atoms. The van der Waals surface area contributed by atoms with Crippen molar-refractivity contribution >= 4 is 0 Å². The number of aliphatic hydroxyl groups excluding tert-OH is 1. The van der Waals surface area contributed by atoms with Crippen molar-refractivity contribution in [2.24, 2.45) is 11.7 Å². The highest BCUT2D eigenvalue weighted by Crippen LogP contribution is 2.42. The molecule has 6 nitrogen and oxygen atoms in total. The smallest absolute Gasteiger partial charge is 0.184 e. The second-order valence-corrected chi connectivity index (χ2v) is 9.01. The molecule has 2 saturated heterocycles. The van der Waals surface area contributed by atoms with Crippen LogP contribution in [0.15, 0.2) is 48.5 Å². The van der Waals surface area contributed by atoms with Gasteiger partial charge in [0.15, 0.2) is 6.29 Å². The van der Waals surface area contributed by atoms with Gasteiger partial charge in [0.05, 0.1) is 25.4 Å². The molecule has 5 atom stereocenters. The zero-order chi connectivity index (χ0) is 22.5. The molecular weight excluding hydrogens is 404 g/mol. The molecular formula is C26H36N2O4. The minimum atomic E-state index is -0.436. The van der Waals surface area contributed by atoms with Gasteiger partial charge >= 0.3 is 0 Å². The number of benzene rings is 2. The lowest BCUT2D eigenvalue weighted by Gasteiger charge is -2.43. The highest BCUT2D eigenvalue weighted by atomic mass is 16.7. The summed E-state index contributed by atoms with van der Waals surface area (Å²) in [5.74, 6) is 0.179. The van der Waals surface area contributed by atoms with E-state index >= 15 is 0 Å². The van der Waals surface area contributed by atoms with E-state index in [1.54, 1.807) is 7.11 Å². The van der Waals surface area contributed by atoms with E-state index in [0.29, 0.717) is 12.6 Å². The monoisotopic (exact) mass is 440 g/mol. The standard InChI is InChI=1S/C26H36N2O4/c1-18-24(15-28-13-3-4-23(28)17-30-2)31-26(22-11-5-19(14-27)6-12-22)32-25(18)21-9-7-20(16-29)8-10-21/h5-12,18,23-26,29H,3-4,13-17,27H2,1-2H3/t18-,23+,24+,25+,26+/m1/s1. The van der Waals surface area contributed by atoms with Gasteiger partial charge < -0.3 is 25.1 Å². The fourth-order valence-corrected chi connectivity index (χ4v) is 4.89. The van der Waals surface area contributed by atoms with Crippen molar-refractivity contribution in [1.82, 2.24) is 4.90 Å². The first-order valence-corrected chi connectivity index (χ1v) is 11.7. The van der Waals surface area contributed by atoms with Crippen LogP contribution in [0.2, 0.25) is 0 Å². The molecule has 0 aromatic heterocycles. The maximum absolute atomic E-state index is 9.42. The van der Waals surface area contributed by atoms with Crippen molar-refractivity contribution in [3.8, 4) is 0 Å². The number of likely N-dealkylation sites (tertiary alicyclic amines) is 1. The number of rotatable bonds is 8. The Labute approximate surface area is 191 Å². The number of hydrogen-bond donors (Lipinski definition) is 2. The normalized spacial score (nSPS) is 28.8. The number of methoxy groups -OCH3 is 1. The quantitative estimate of drug-likeness (QED) is 0.654. The molecule has 0 saturated carbocycles. The molecule has 2 heterocycles. The van der Waals surface area contributed by atoms with E-state index < -0.39 is 6.29 Å². The molecule has 174 valence electrons. The van der Waals surface area contributed by atoms with Gasteiger partial charge in [-0.15, -0.1) is 0 Å². The summed E-state index contributed by atoms with van der Waals surface area (Å²) in [5.41, 5.74) is 9.88. The average molecular weight is 441 g/mol. The maximum Gasteiger partial charge on any atom is 0.184 e. The van der Waals surface area contributed by atoms with Crippen LogP contribution in [-0.4, -0.2) is 49.0 Å². The predicted molar refractivity (Wildman–Crippen MR) is 124 cm³/mol. The number of aliphatic hydroxyl groups is 1. The van der Waals surface area contributed by atoms with Crippen LogP contribution in [0, 0.1) is 5.92 Å². The van der Waals surface area contributed by atoms with Gasteiger partial charge in [0.25, 0.3) is 0 Å². The van der Waals surface area contributed by atoms with Crippen LogP contribution in [0.5, 0.6) is 0 Å². The van der Waals surface area contributed by atoms with Gasteiger partial charge in [-0.05, 0) is 36.1 Å². The van der Waals surface area contributed by atoms with Gasteiger partial charge in [-0.1, -0.05) is 55.5 Å².